The third-order valence-corrected chi connectivity index (χ3v) is 9.24. The van der Waals surface area contributed by atoms with Crippen molar-refractivity contribution in [1.29, 1.82) is 0 Å². The Morgan fingerprint density at radius 3 is 2.54 bits per heavy atom. The highest BCUT2D eigenvalue weighted by molar-refractivity contribution is 8.26. The van der Waals surface area contributed by atoms with Gasteiger partial charge in [-0.2, -0.15) is 5.10 Å². The number of hydrogen-bond donors (Lipinski definition) is 0. The van der Waals surface area contributed by atoms with Gasteiger partial charge in [-0.15, -0.1) is 0 Å². The Balaban J connectivity index is 1.49. The van der Waals surface area contributed by atoms with Gasteiger partial charge in [-0.25, -0.2) is 13.1 Å². The standard InChI is InChI=1S/C27H27N3O4S3/c1-18(2)16-34-23-10-8-19(9-11-23)25-20(15-29(28-25)21-6-4-3-5-7-21)14-24-26(31)30(27(35)36-24)22-12-13-37(32,33)17-22/h3-11,14-15,18,22H,12-13,16-17H2,1-2H3/b24-14+/t22-/m1/s1. The molecule has 2 fully saturated rings. The monoisotopic (exact) mass is 553 g/mol. The molecule has 2 aromatic carbocycles. The van der Waals surface area contributed by atoms with Gasteiger partial charge in [-0.3, -0.25) is 9.69 Å². The smallest absolute Gasteiger partial charge is 0.266 e. The van der Waals surface area contributed by atoms with Crippen molar-refractivity contribution in [2.45, 2.75) is 26.3 Å². The van der Waals surface area contributed by atoms with Gasteiger partial charge in [0.1, 0.15) is 10.1 Å². The minimum Gasteiger partial charge on any atom is -0.493 e. The van der Waals surface area contributed by atoms with Crippen LogP contribution in [0.2, 0.25) is 0 Å². The molecule has 2 aliphatic heterocycles. The van der Waals surface area contributed by atoms with E-state index in [0.717, 1.165) is 22.6 Å². The number of para-hydroxylation sites is 1. The zero-order valence-electron chi connectivity index (χ0n) is 20.5. The topological polar surface area (TPSA) is 81.5 Å². The number of amides is 1. The molecule has 0 unspecified atom stereocenters. The van der Waals surface area contributed by atoms with E-state index in [-0.39, 0.29) is 17.4 Å². The molecule has 0 aliphatic carbocycles. The molecular formula is C27H27N3O4S3. The van der Waals surface area contributed by atoms with Crippen molar-refractivity contribution in [1.82, 2.24) is 14.7 Å². The van der Waals surface area contributed by atoms with Crippen molar-refractivity contribution in [3.63, 3.8) is 0 Å². The van der Waals surface area contributed by atoms with E-state index in [1.807, 2.05) is 60.8 Å². The predicted molar refractivity (Wildman–Crippen MR) is 151 cm³/mol. The van der Waals surface area contributed by atoms with Crippen LogP contribution in [0.15, 0.2) is 65.7 Å². The van der Waals surface area contributed by atoms with Crippen molar-refractivity contribution in [2.75, 3.05) is 18.1 Å². The van der Waals surface area contributed by atoms with Gasteiger partial charge in [0.25, 0.3) is 5.91 Å². The number of hydrogen-bond acceptors (Lipinski definition) is 7. The van der Waals surface area contributed by atoms with E-state index in [9.17, 15) is 13.2 Å². The highest BCUT2D eigenvalue weighted by Gasteiger charge is 2.42. The molecule has 2 aliphatic rings. The summed E-state index contributed by atoms with van der Waals surface area (Å²) in [6.45, 7) is 4.84. The van der Waals surface area contributed by atoms with E-state index in [4.69, 9.17) is 22.1 Å². The van der Waals surface area contributed by atoms with Crippen LogP contribution in [0.4, 0.5) is 0 Å². The molecule has 1 aromatic heterocycles. The van der Waals surface area contributed by atoms with Crippen molar-refractivity contribution in [3.8, 4) is 22.7 Å². The van der Waals surface area contributed by atoms with Gasteiger partial charge in [0.05, 0.1) is 40.4 Å². The lowest BCUT2D eigenvalue weighted by atomic mass is 10.1. The molecule has 1 amide bonds. The van der Waals surface area contributed by atoms with Gasteiger partial charge in [0, 0.05) is 17.3 Å². The van der Waals surface area contributed by atoms with Crippen molar-refractivity contribution in [2.24, 2.45) is 5.92 Å². The molecule has 0 spiro atoms. The van der Waals surface area contributed by atoms with Crippen LogP contribution in [-0.2, 0) is 14.6 Å². The third kappa shape index (κ3) is 5.66. The maximum atomic E-state index is 13.3. The molecule has 0 N–H and O–H groups in total. The van der Waals surface area contributed by atoms with Gasteiger partial charge in [-0.05, 0) is 54.8 Å². The van der Waals surface area contributed by atoms with Crippen LogP contribution < -0.4 is 4.74 Å². The molecule has 0 saturated carbocycles. The molecule has 2 saturated heterocycles. The van der Waals surface area contributed by atoms with Crippen molar-refractivity contribution in [3.05, 3.63) is 71.3 Å². The number of benzene rings is 2. The number of carbonyl (C=O) groups is 1. The number of ether oxygens (including phenoxy) is 1. The molecule has 5 rings (SSSR count). The summed E-state index contributed by atoms with van der Waals surface area (Å²) in [6, 6.07) is 17.1. The van der Waals surface area contributed by atoms with Crippen molar-refractivity contribution >= 4 is 50.1 Å². The van der Waals surface area contributed by atoms with Crippen LogP contribution in [0.1, 0.15) is 25.8 Å². The number of sulfone groups is 1. The van der Waals surface area contributed by atoms with E-state index >= 15 is 0 Å². The number of aromatic nitrogens is 2. The Kier molecular flexibility index (Phi) is 7.24. The second-order valence-electron chi connectivity index (χ2n) is 9.55. The lowest BCUT2D eigenvalue weighted by molar-refractivity contribution is -0.123. The van der Waals surface area contributed by atoms with E-state index in [2.05, 4.69) is 13.8 Å². The second kappa shape index (κ2) is 10.4. The fraction of sp³-hybridized carbons (Fsp3) is 0.296. The second-order valence-corrected chi connectivity index (χ2v) is 13.5. The zero-order chi connectivity index (χ0) is 26.2. The SMILES string of the molecule is CC(C)COc1ccc(-c2nn(-c3ccccc3)cc2/C=C2/SC(=S)N([C@@H]3CCS(=O)(=O)C3)C2=O)cc1. The maximum absolute atomic E-state index is 13.3. The summed E-state index contributed by atoms with van der Waals surface area (Å²) in [5.74, 6) is 0.992. The predicted octanol–water partition coefficient (Wildman–Crippen LogP) is 4.96. The van der Waals surface area contributed by atoms with Gasteiger partial charge in [0.2, 0.25) is 0 Å². The van der Waals surface area contributed by atoms with Crippen LogP contribution in [0.5, 0.6) is 5.75 Å². The van der Waals surface area contributed by atoms with E-state index in [1.54, 1.807) is 10.8 Å². The molecule has 7 nitrogen and oxygen atoms in total. The molecule has 1 atom stereocenters. The Hall–Kier alpha value is -2.95. The quantitative estimate of drug-likeness (QED) is 0.302. The van der Waals surface area contributed by atoms with Crippen LogP contribution >= 0.6 is 24.0 Å². The number of thioether (sulfide) groups is 1. The van der Waals surface area contributed by atoms with Gasteiger partial charge in [0.15, 0.2) is 9.84 Å². The first-order valence-corrected chi connectivity index (χ1v) is 15.1. The fourth-order valence-corrected chi connectivity index (χ4v) is 7.41. The first-order chi connectivity index (χ1) is 17.7. The molecule has 10 heteroatoms. The summed E-state index contributed by atoms with van der Waals surface area (Å²) in [5, 5.41) is 4.84. The van der Waals surface area contributed by atoms with E-state index in [1.165, 1.54) is 16.7 Å². The Labute approximate surface area is 226 Å². The fourth-order valence-electron chi connectivity index (χ4n) is 4.32. The van der Waals surface area contributed by atoms with Crippen LogP contribution in [0, 0.1) is 5.92 Å². The third-order valence-electron chi connectivity index (χ3n) is 6.16. The first-order valence-electron chi connectivity index (χ1n) is 12.1. The number of thiocarbonyl (C=S) groups is 1. The van der Waals surface area contributed by atoms with E-state index < -0.39 is 15.9 Å². The minimum absolute atomic E-state index is 0.0465. The lowest BCUT2D eigenvalue weighted by Crippen LogP contribution is -2.39. The molecule has 3 aromatic rings. The summed E-state index contributed by atoms with van der Waals surface area (Å²) in [4.78, 5) is 15.3. The normalized spacial score (nSPS) is 20.4. The Morgan fingerprint density at radius 1 is 1.16 bits per heavy atom. The van der Waals surface area contributed by atoms with Gasteiger partial charge in [-0.1, -0.05) is 56.0 Å². The Bertz CT molecular complexity index is 1460. The summed E-state index contributed by atoms with van der Waals surface area (Å²) < 4.78 is 32.0. The summed E-state index contributed by atoms with van der Waals surface area (Å²) in [7, 11) is -3.14. The molecular weight excluding hydrogens is 527 g/mol. The van der Waals surface area contributed by atoms with Gasteiger partial charge >= 0.3 is 0 Å². The van der Waals surface area contributed by atoms with E-state index in [0.29, 0.717) is 33.9 Å². The maximum Gasteiger partial charge on any atom is 0.266 e. The molecule has 192 valence electrons. The highest BCUT2D eigenvalue weighted by Crippen LogP contribution is 2.38. The highest BCUT2D eigenvalue weighted by atomic mass is 32.2. The Morgan fingerprint density at radius 2 is 1.89 bits per heavy atom. The molecule has 3 heterocycles. The first kappa shape index (κ1) is 25.7. The number of rotatable bonds is 7. The lowest BCUT2D eigenvalue weighted by Gasteiger charge is -2.20. The molecule has 0 radical (unpaired) electrons. The number of nitrogens with zero attached hydrogens (tertiary/aromatic N) is 3. The molecule has 0 bridgehead atoms. The largest absolute Gasteiger partial charge is 0.493 e. The van der Waals surface area contributed by atoms with Crippen LogP contribution in [0.3, 0.4) is 0 Å². The summed E-state index contributed by atoms with van der Waals surface area (Å²) in [5.41, 5.74) is 3.26. The number of carbonyl (C=O) groups excluding carboxylic acids is 1. The van der Waals surface area contributed by atoms with Crippen molar-refractivity contribution < 1.29 is 17.9 Å². The van der Waals surface area contributed by atoms with Crippen LogP contribution in [0.25, 0.3) is 23.0 Å². The average molecular weight is 554 g/mol. The zero-order valence-corrected chi connectivity index (χ0v) is 23.0. The molecule has 37 heavy (non-hydrogen) atoms. The van der Waals surface area contributed by atoms with Gasteiger partial charge < -0.3 is 4.74 Å². The summed E-state index contributed by atoms with van der Waals surface area (Å²) in [6.07, 6.45) is 4.10. The van der Waals surface area contributed by atoms with Crippen LogP contribution in [-0.4, -0.2) is 57.5 Å². The summed E-state index contributed by atoms with van der Waals surface area (Å²) >= 11 is 6.69. The minimum atomic E-state index is -3.14. The average Bonchev–Trinajstić information content (AvgIpc) is 3.53.